The summed E-state index contributed by atoms with van der Waals surface area (Å²) in [6.45, 7) is 3.32. The number of carbonyl (C=O) groups is 1. The second kappa shape index (κ2) is 6.11. The number of hydrogen-bond donors (Lipinski definition) is 1. The fourth-order valence-corrected chi connectivity index (χ4v) is 2.43. The van der Waals surface area contributed by atoms with Crippen molar-refractivity contribution in [3.63, 3.8) is 0 Å². The minimum absolute atomic E-state index is 0.367. The molecule has 1 saturated carbocycles. The van der Waals surface area contributed by atoms with Gasteiger partial charge in [-0.3, -0.25) is 4.79 Å². The van der Waals surface area contributed by atoms with E-state index in [-0.39, 0.29) is 5.97 Å². The lowest BCUT2D eigenvalue weighted by molar-refractivity contribution is -0.131. The van der Waals surface area contributed by atoms with E-state index in [1.54, 1.807) is 6.07 Å². The average molecular weight is 272 g/mol. The van der Waals surface area contributed by atoms with E-state index in [1.807, 2.05) is 19.1 Å². The van der Waals surface area contributed by atoms with Crippen LogP contribution in [-0.2, 0) is 4.79 Å². The van der Waals surface area contributed by atoms with Crippen molar-refractivity contribution in [2.24, 2.45) is 0 Å². The molecular formula is C17H20O3. The van der Waals surface area contributed by atoms with Gasteiger partial charge in [0.25, 0.3) is 0 Å². The Kier molecular flexibility index (Phi) is 4.46. The predicted molar refractivity (Wildman–Crippen MR) is 77.4 cm³/mol. The van der Waals surface area contributed by atoms with Crippen molar-refractivity contribution in [3.05, 3.63) is 29.3 Å². The van der Waals surface area contributed by atoms with Crippen LogP contribution in [0.15, 0.2) is 18.2 Å². The molecule has 0 aromatic heterocycles. The van der Waals surface area contributed by atoms with Crippen molar-refractivity contribution in [3.8, 4) is 17.6 Å². The van der Waals surface area contributed by atoms with Gasteiger partial charge in [0.15, 0.2) is 0 Å². The van der Waals surface area contributed by atoms with Crippen LogP contribution >= 0.6 is 0 Å². The molecule has 3 nitrogen and oxygen atoms in total. The summed E-state index contributed by atoms with van der Waals surface area (Å²) in [6, 6.07) is 5.49. The van der Waals surface area contributed by atoms with Gasteiger partial charge in [-0.15, -0.1) is 0 Å². The van der Waals surface area contributed by atoms with E-state index in [1.165, 1.54) is 6.92 Å². The summed E-state index contributed by atoms with van der Waals surface area (Å²) in [7, 11) is 0. The quantitative estimate of drug-likeness (QED) is 0.485. The van der Waals surface area contributed by atoms with E-state index in [0.717, 1.165) is 24.8 Å². The van der Waals surface area contributed by atoms with Crippen molar-refractivity contribution in [2.75, 3.05) is 0 Å². The van der Waals surface area contributed by atoms with Crippen LogP contribution in [0.4, 0.5) is 0 Å². The number of carbonyl (C=O) groups excluding carboxylic acids is 1. The van der Waals surface area contributed by atoms with Crippen LogP contribution in [0.1, 0.15) is 50.2 Å². The molecule has 1 fully saturated rings. The van der Waals surface area contributed by atoms with Gasteiger partial charge in [0.05, 0.1) is 5.56 Å². The van der Waals surface area contributed by atoms with Gasteiger partial charge in [0.2, 0.25) is 0 Å². The fraction of sp³-hybridized carbons (Fsp3) is 0.471. The van der Waals surface area contributed by atoms with Gasteiger partial charge >= 0.3 is 5.97 Å². The van der Waals surface area contributed by atoms with Gasteiger partial charge in [0.1, 0.15) is 11.4 Å². The van der Waals surface area contributed by atoms with Gasteiger partial charge in [0, 0.05) is 6.92 Å². The molecule has 106 valence electrons. The molecule has 0 aliphatic heterocycles. The molecule has 0 radical (unpaired) electrons. The Hall–Kier alpha value is -1.79. The van der Waals surface area contributed by atoms with Crippen LogP contribution in [0.25, 0.3) is 0 Å². The maximum absolute atomic E-state index is 11.1. The summed E-state index contributed by atoms with van der Waals surface area (Å²) < 4.78 is 5.15. The van der Waals surface area contributed by atoms with Crippen molar-refractivity contribution >= 4 is 5.97 Å². The number of esters is 1. The summed E-state index contributed by atoms with van der Waals surface area (Å²) in [4.78, 5) is 11.1. The van der Waals surface area contributed by atoms with E-state index in [2.05, 4.69) is 11.8 Å². The normalized spacial score (nSPS) is 16.9. The predicted octanol–water partition coefficient (Wildman–Crippen LogP) is 2.97. The molecule has 3 heteroatoms. The Morgan fingerprint density at radius 3 is 2.65 bits per heavy atom. The van der Waals surface area contributed by atoms with Gasteiger partial charge in [-0.2, -0.15) is 0 Å². The third kappa shape index (κ3) is 3.85. The highest BCUT2D eigenvalue weighted by atomic mass is 16.5. The highest BCUT2D eigenvalue weighted by Crippen LogP contribution is 2.28. The number of aryl methyl sites for hydroxylation is 1. The Bertz CT molecular complexity index is 557. The van der Waals surface area contributed by atoms with Crippen molar-refractivity contribution in [1.29, 1.82) is 0 Å². The van der Waals surface area contributed by atoms with Gasteiger partial charge in [-0.05, 0) is 50.3 Å². The van der Waals surface area contributed by atoms with Gasteiger partial charge in [-0.25, -0.2) is 0 Å². The lowest BCUT2D eigenvalue weighted by atomic mass is 9.85. The molecule has 0 heterocycles. The SMILES string of the molecule is CC(=O)Oc1ccc(C)cc1C#CC1(O)CCCCC1. The van der Waals surface area contributed by atoms with Crippen LogP contribution in [0.5, 0.6) is 5.75 Å². The first-order valence-electron chi connectivity index (χ1n) is 7.03. The van der Waals surface area contributed by atoms with E-state index >= 15 is 0 Å². The first-order valence-corrected chi connectivity index (χ1v) is 7.03. The minimum Gasteiger partial charge on any atom is -0.425 e. The lowest BCUT2D eigenvalue weighted by Crippen LogP contribution is -2.29. The zero-order chi connectivity index (χ0) is 14.6. The van der Waals surface area contributed by atoms with E-state index < -0.39 is 5.60 Å². The minimum atomic E-state index is -0.893. The highest BCUT2D eigenvalue weighted by molar-refractivity contribution is 5.70. The van der Waals surface area contributed by atoms with Crippen LogP contribution in [0.2, 0.25) is 0 Å². The molecule has 1 aliphatic rings. The maximum atomic E-state index is 11.1. The molecule has 0 atom stereocenters. The van der Waals surface area contributed by atoms with E-state index in [9.17, 15) is 9.90 Å². The van der Waals surface area contributed by atoms with Crippen LogP contribution < -0.4 is 4.74 Å². The molecular weight excluding hydrogens is 252 g/mol. The number of ether oxygens (including phenoxy) is 1. The molecule has 0 unspecified atom stereocenters. The molecule has 0 bridgehead atoms. The monoisotopic (exact) mass is 272 g/mol. The number of aliphatic hydroxyl groups is 1. The summed E-state index contributed by atoms with van der Waals surface area (Å²) in [5, 5.41) is 10.4. The molecule has 0 amide bonds. The summed E-state index contributed by atoms with van der Waals surface area (Å²) in [5.74, 6) is 6.05. The highest BCUT2D eigenvalue weighted by Gasteiger charge is 2.26. The van der Waals surface area contributed by atoms with Crippen molar-refractivity contribution in [1.82, 2.24) is 0 Å². The zero-order valence-electron chi connectivity index (χ0n) is 12.0. The molecule has 2 rings (SSSR count). The fourth-order valence-electron chi connectivity index (χ4n) is 2.43. The molecule has 20 heavy (non-hydrogen) atoms. The molecule has 0 saturated heterocycles. The number of rotatable bonds is 1. The Labute approximate surface area is 120 Å². The third-order valence-electron chi connectivity index (χ3n) is 3.50. The Morgan fingerprint density at radius 1 is 1.30 bits per heavy atom. The summed E-state index contributed by atoms with van der Waals surface area (Å²) >= 11 is 0. The second-order valence-electron chi connectivity index (χ2n) is 5.44. The maximum Gasteiger partial charge on any atom is 0.308 e. The second-order valence-corrected chi connectivity index (χ2v) is 5.44. The lowest BCUT2D eigenvalue weighted by Gasteiger charge is -2.26. The van der Waals surface area contributed by atoms with Crippen LogP contribution in [0, 0.1) is 18.8 Å². The molecule has 1 N–H and O–H groups in total. The van der Waals surface area contributed by atoms with Crippen molar-refractivity contribution in [2.45, 2.75) is 51.6 Å². The Balaban J connectivity index is 2.28. The molecule has 1 aromatic rings. The first-order chi connectivity index (χ1) is 9.48. The van der Waals surface area contributed by atoms with Gasteiger partial charge < -0.3 is 9.84 Å². The summed E-state index contributed by atoms with van der Waals surface area (Å²) in [5.41, 5.74) is 0.801. The Morgan fingerprint density at radius 2 is 2.00 bits per heavy atom. The third-order valence-corrected chi connectivity index (χ3v) is 3.50. The molecule has 1 aliphatic carbocycles. The summed E-state index contributed by atoms with van der Waals surface area (Å²) in [6.07, 6.45) is 4.61. The molecule has 1 aromatic carbocycles. The van der Waals surface area contributed by atoms with Crippen LogP contribution in [0.3, 0.4) is 0 Å². The largest absolute Gasteiger partial charge is 0.425 e. The average Bonchev–Trinajstić information content (AvgIpc) is 2.39. The number of hydrogen-bond acceptors (Lipinski definition) is 3. The standard InChI is InChI=1S/C17H20O3/c1-13-6-7-16(20-14(2)18)15(12-13)8-11-17(19)9-4-3-5-10-17/h6-7,12,19H,3-5,9-10H2,1-2H3. The first kappa shape index (κ1) is 14.6. The molecule has 0 spiro atoms. The zero-order valence-corrected chi connectivity index (χ0v) is 12.0. The topological polar surface area (TPSA) is 46.5 Å². The van der Waals surface area contributed by atoms with Crippen LogP contribution in [-0.4, -0.2) is 16.7 Å². The van der Waals surface area contributed by atoms with Gasteiger partial charge in [-0.1, -0.05) is 24.3 Å². The smallest absolute Gasteiger partial charge is 0.308 e. The van der Waals surface area contributed by atoms with E-state index in [0.29, 0.717) is 24.2 Å². The number of benzene rings is 1. The van der Waals surface area contributed by atoms with Crippen molar-refractivity contribution < 1.29 is 14.6 Å². The van der Waals surface area contributed by atoms with E-state index in [4.69, 9.17) is 4.74 Å².